The lowest BCUT2D eigenvalue weighted by Crippen LogP contribution is -1.97. The van der Waals surface area contributed by atoms with E-state index in [2.05, 4.69) is 30.9 Å². The van der Waals surface area contributed by atoms with Crippen molar-refractivity contribution in [3.05, 3.63) is 41.3 Å². The van der Waals surface area contributed by atoms with Gasteiger partial charge in [0, 0.05) is 22.7 Å². The van der Waals surface area contributed by atoms with E-state index in [4.69, 9.17) is 5.73 Å². The number of halogens is 1. The fourth-order valence-electron chi connectivity index (χ4n) is 1.87. The molecule has 5 heteroatoms. The molecule has 0 unspecified atom stereocenters. The number of nitrogens with one attached hydrogen (secondary N) is 1. The molecule has 0 spiro atoms. The van der Waals surface area contributed by atoms with E-state index < -0.39 is 0 Å². The van der Waals surface area contributed by atoms with Crippen LogP contribution in [0.15, 0.2) is 41.3 Å². The Labute approximate surface area is 106 Å². The number of benzene rings is 1. The van der Waals surface area contributed by atoms with Crippen LogP contribution in [0.25, 0.3) is 22.2 Å². The molecule has 2 aromatic heterocycles. The van der Waals surface area contributed by atoms with Gasteiger partial charge >= 0.3 is 0 Å². The molecule has 17 heavy (non-hydrogen) atoms. The van der Waals surface area contributed by atoms with Gasteiger partial charge in [-0.3, -0.25) is 0 Å². The van der Waals surface area contributed by atoms with Gasteiger partial charge in [-0.1, -0.05) is 12.1 Å². The highest BCUT2D eigenvalue weighted by molar-refractivity contribution is 9.10. The van der Waals surface area contributed by atoms with Crippen LogP contribution in [0.1, 0.15) is 0 Å². The molecule has 1 aromatic carbocycles. The molecule has 3 aromatic rings. The van der Waals surface area contributed by atoms with Gasteiger partial charge in [0.25, 0.3) is 0 Å². The highest BCUT2D eigenvalue weighted by Gasteiger charge is 2.10. The van der Waals surface area contributed by atoms with Gasteiger partial charge in [-0.15, -0.1) is 0 Å². The minimum Gasteiger partial charge on any atom is -0.382 e. The molecule has 0 saturated heterocycles. The van der Waals surface area contributed by atoms with Crippen molar-refractivity contribution < 1.29 is 0 Å². The van der Waals surface area contributed by atoms with Gasteiger partial charge in [0.05, 0.1) is 6.20 Å². The molecule has 0 bridgehead atoms. The SMILES string of the molecule is Nc1ncc(Br)nc1-c1cccc2[nH]ccc12. The topological polar surface area (TPSA) is 67.6 Å². The van der Waals surface area contributed by atoms with Crippen LogP contribution in [0.3, 0.4) is 0 Å². The number of rotatable bonds is 1. The lowest BCUT2D eigenvalue weighted by molar-refractivity contribution is 1.18. The highest BCUT2D eigenvalue weighted by atomic mass is 79.9. The van der Waals surface area contributed by atoms with Crippen LogP contribution in [0.4, 0.5) is 5.82 Å². The summed E-state index contributed by atoms with van der Waals surface area (Å²) < 4.78 is 0.675. The summed E-state index contributed by atoms with van der Waals surface area (Å²) in [5, 5.41) is 1.09. The number of H-pyrrole nitrogens is 1. The van der Waals surface area contributed by atoms with E-state index in [0.717, 1.165) is 16.5 Å². The molecule has 0 atom stereocenters. The van der Waals surface area contributed by atoms with Crippen molar-refractivity contribution in [1.29, 1.82) is 0 Å². The Hall–Kier alpha value is -1.88. The first kappa shape index (κ1) is 10.3. The molecular weight excluding hydrogens is 280 g/mol. The van der Waals surface area contributed by atoms with E-state index in [1.807, 2.05) is 30.5 Å². The molecule has 0 aliphatic rings. The Morgan fingerprint density at radius 2 is 2.12 bits per heavy atom. The molecule has 3 rings (SSSR count). The van der Waals surface area contributed by atoms with E-state index in [9.17, 15) is 0 Å². The van der Waals surface area contributed by atoms with Gasteiger partial charge in [-0.05, 0) is 28.1 Å². The number of hydrogen-bond donors (Lipinski definition) is 2. The lowest BCUT2D eigenvalue weighted by Gasteiger charge is -2.05. The zero-order valence-electron chi connectivity index (χ0n) is 8.81. The van der Waals surface area contributed by atoms with Gasteiger partial charge in [0.1, 0.15) is 16.1 Å². The number of fused-ring (bicyclic) bond motifs is 1. The second-order valence-corrected chi connectivity index (χ2v) is 4.48. The first-order valence-electron chi connectivity index (χ1n) is 5.10. The standard InChI is InChI=1S/C12H9BrN4/c13-10-6-16-12(14)11(17-10)8-2-1-3-9-7(8)4-5-15-9/h1-6,15H,(H2,14,16). The van der Waals surface area contributed by atoms with E-state index in [1.54, 1.807) is 6.20 Å². The van der Waals surface area contributed by atoms with Crippen molar-refractivity contribution in [3.8, 4) is 11.3 Å². The number of anilines is 1. The van der Waals surface area contributed by atoms with Crippen molar-refractivity contribution in [2.45, 2.75) is 0 Å². The predicted molar refractivity (Wildman–Crippen MR) is 71.4 cm³/mol. The van der Waals surface area contributed by atoms with Crippen LogP contribution in [0.5, 0.6) is 0 Å². The van der Waals surface area contributed by atoms with Gasteiger partial charge in [0.2, 0.25) is 0 Å². The van der Waals surface area contributed by atoms with Crippen LogP contribution in [0.2, 0.25) is 0 Å². The molecule has 0 saturated carbocycles. The monoisotopic (exact) mass is 288 g/mol. The Balaban J connectivity index is 2.34. The molecule has 0 radical (unpaired) electrons. The van der Waals surface area contributed by atoms with Crippen molar-refractivity contribution in [2.24, 2.45) is 0 Å². The summed E-state index contributed by atoms with van der Waals surface area (Å²) in [4.78, 5) is 11.7. The minimum absolute atomic E-state index is 0.432. The van der Waals surface area contributed by atoms with Crippen molar-refractivity contribution >= 4 is 32.7 Å². The quantitative estimate of drug-likeness (QED) is 0.723. The first-order valence-corrected chi connectivity index (χ1v) is 5.89. The molecule has 0 aliphatic heterocycles. The Bertz CT molecular complexity index is 690. The highest BCUT2D eigenvalue weighted by Crippen LogP contribution is 2.30. The molecule has 84 valence electrons. The number of aromatic nitrogens is 3. The average Bonchev–Trinajstić information content (AvgIpc) is 2.80. The summed E-state index contributed by atoms with van der Waals surface area (Å²) in [6.45, 7) is 0. The lowest BCUT2D eigenvalue weighted by atomic mass is 10.1. The number of hydrogen-bond acceptors (Lipinski definition) is 3. The summed E-state index contributed by atoms with van der Waals surface area (Å²) in [7, 11) is 0. The van der Waals surface area contributed by atoms with Gasteiger partial charge in [-0.2, -0.15) is 0 Å². The number of aromatic amines is 1. The van der Waals surface area contributed by atoms with Crippen molar-refractivity contribution in [1.82, 2.24) is 15.0 Å². The second kappa shape index (κ2) is 3.85. The zero-order chi connectivity index (χ0) is 11.8. The zero-order valence-corrected chi connectivity index (χ0v) is 10.4. The third-order valence-electron chi connectivity index (χ3n) is 2.62. The summed E-state index contributed by atoms with van der Waals surface area (Å²) in [6, 6.07) is 7.98. The Kier molecular flexibility index (Phi) is 2.33. The van der Waals surface area contributed by atoms with Gasteiger partial charge in [0.15, 0.2) is 0 Å². The summed E-state index contributed by atoms with van der Waals surface area (Å²) in [5.41, 5.74) is 8.62. The Morgan fingerprint density at radius 3 is 3.00 bits per heavy atom. The van der Waals surface area contributed by atoms with Crippen LogP contribution in [-0.2, 0) is 0 Å². The van der Waals surface area contributed by atoms with Gasteiger partial charge < -0.3 is 10.7 Å². The maximum atomic E-state index is 5.88. The smallest absolute Gasteiger partial charge is 0.150 e. The minimum atomic E-state index is 0.432. The molecular formula is C12H9BrN4. The Morgan fingerprint density at radius 1 is 1.24 bits per heavy atom. The van der Waals surface area contributed by atoms with Crippen molar-refractivity contribution in [3.63, 3.8) is 0 Å². The summed E-state index contributed by atoms with van der Waals surface area (Å²) in [6.07, 6.45) is 3.49. The van der Waals surface area contributed by atoms with Crippen LogP contribution < -0.4 is 5.73 Å². The molecule has 4 nitrogen and oxygen atoms in total. The number of nitrogens with two attached hydrogens (primary N) is 1. The van der Waals surface area contributed by atoms with Crippen molar-refractivity contribution in [2.75, 3.05) is 5.73 Å². The third kappa shape index (κ3) is 1.68. The summed E-state index contributed by atoms with van der Waals surface area (Å²) in [5.74, 6) is 0.432. The average molecular weight is 289 g/mol. The largest absolute Gasteiger partial charge is 0.382 e. The van der Waals surface area contributed by atoms with E-state index >= 15 is 0 Å². The first-order chi connectivity index (χ1) is 8.25. The van der Waals surface area contributed by atoms with E-state index in [-0.39, 0.29) is 0 Å². The molecule has 0 amide bonds. The van der Waals surface area contributed by atoms with Crippen LogP contribution >= 0.6 is 15.9 Å². The maximum absolute atomic E-state index is 5.88. The number of nitrogens with zero attached hydrogens (tertiary/aromatic N) is 2. The number of nitrogen functional groups attached to an aromatic ring is 1. The maximum Gasteiger partial charge on any atom is 0.150 e. The van der Waals surface area contributed by atoms with Crippen LogP contribution in [0, 0.1) is 0 Å². The molecule has 2 heterocycles. The summed E-state index contributed by atoms with van der Waals surface area (Å²) >= 11 is 3.31. The molecule has 0 aliphatic carbocycles. The predicted octanol–water partition coefficient (Wildman–Crippen LogP) is 2.97. The molecule has 0 fully saturated rings. The van der Waals surface area contributed by atoms with E-state index in [1.165, 1.54) is 0 Å². The van der Waals surface area contributed by atoms with Crippen LogP contribution in [-0.4, -0.2) is 15.0 Å². The van der Waals surface area contributed by atoms with E-state index in [0.29, 0.717) is 16.1 Å². The third-order valence-corrected chi connectivity index (χ3v) is 3.00. The normalized spacial score (nSPS) is 10.9. The fraction of sp³-hybridized carbons (Fsp3) is 0. The second-order valence-electron chi connectivity index (χ2n) is 3.67. The molecule has 3 N–H and O–H groups in total. The fourth-order valence-corrected chi connectivity index (χ4v) is 2.15. The van der Waals surface area contributed by atoms with Gasteiger partial charge in [-0.25, -0.2) is 9.97 Å².